The van der Waals surface area contributed by atoms with Gasteiger partial charge >= 0.3 is 0 Å². The molecule has 0 radical (unpaired) electrons. The Balaban J connectivity index is 2.48. The van der Waals surface area contributed by atoms with E-state index in [1.807, 2.05) is 13.0 Å². The fourth-order valence-corrected chi connectivity index (χ4v) is 1.59. The Morgan fingerprint density at radius 1 is 1.07 bits per heavy atom. The molecule has 0 atom stereocenters. The predicted molar refractivity (Wildman–Crippen MR) is 61.3 cm³/mol. The minimum atomic E-state index is 0.916. The fraction of sp³-hybridized carbons (Fsp3) is 0.167. The Labute approximate surface area is 84.3 Å². The summed E-state index contributed by atoms with van der Waals surface area (Å²) in [6.07, 6.45) is 2.00. The maximum Gasteiger partial charge on any atom is 0.0625 e. The molecule has 0 fully saturated rings. The number of aryl methyl sites for hydroxylation is 1. The molecule has 14 heavy (non-hydrogen) atoms. The number of hydrogen-bond donors (Lipinski definition) is 2. The summed E-state index contributed by atoms with van der Waals surface area (Å²) in [5.41, 5.74) is 5.45. The molecule has 0 spiro atoms. The van der Waals surface area contributed by atoms with E-state index in [2.05, 4.69) is 42.3 Å². The van der Waals surface area contributed by atoms with Crippen LogP contribution in [0.15, 0.2) is 42.2 Å². The third kappa shape index (κ3) is 1.64. The highest BCUT2D eigenvalue weighted by Crippen LogP contribution is 2.28. The summed E-state index contributed by atoms with van der Waals surface area (Å²) in [5.74, 6) is 0. The van der Waals surface area contributed by atoms with Gasteiger partial charge in [-0.2, -0.15) is 0 Å². The Hall–Kier alpha value is -1.70. The zero-order valence-electron chi connectivity index (χ0n) is 8.52. The standard InChI is InChI=1S/C12H14N2/c1-8-4-5-11-12(6-8)14-10(3)7-9(2)13-11/h4-7,13-14H,3H2,1-2H3. The van der Waals surface area contributed by atoms with Crippen LogP contribution >= 0.6 is 0 Å². The summed E-state index contributed by atoms with van der Waals surface area (Å²) in [6.45, 7) is 8.03. The molecule has 0 saturated carbocycles. The average molecular weight is 186 g/mol. The summed E-state index contributed by atoms with van der Waals surface area (Å²) in [4.78, 5) is 0. The summed E-state index contributed by atoms with van der Waals surface area (Å²) >= 11 is 0. The molecule has 0 aliphatic carbocycles. The molecule has 2 N–H and O–H groups in total. The van der Waals surface area contributed by atoms with Gasteiger partial charge < -0.3 is 10.6 Å². The number of hydrogen-bond acceptors (Lipinski definition) is 2. The first-order valence-corrected chi connectivity index (χ1v) is 4.67. The Bertz CT molecular complexity index is 416. The Morgan fingerprint density at radius 3 is 2.64 bits per heavy atom. The highest BCUT2D eigenvalue weighted by Gasteiger charge is 2.07. The minimum absolute atomic E-state index is 0.916. The van der Waals surface area contributed by atoms with E-state index >= 15 is 0 Å². The molecule has 1 heterocycles. The number of benzene rings is 1. The first kappa shape index (κ1) is 8.88. The van der Waals surface area contributed by atoms with Gasteiger partial charge in [0, 0.05) is 11.4 Å². The third-order valence-corrected chi connectivity index (χ3v) is 2.19. The molecule has 0 unspecified atom stereocenters. The normalized spacial score (nSPS) is 14.7. The van der Waals surface area contributed by atoms with E-state index in [0.29, 0.717) is 0 Å². The van der Waals surface area contributed by atoms with Crippen LogP contribution in [0.25, 0.3) is 0 Å². The first-order valence-electron chi connectivity index (χ1n) is 4.67. The van der Waals surface area contributed by atoms with Crippen molar-refractivity contribution in [3.05, 3.63) is 47.8 Å². The smallest absolute Gasteiger partial charge is 0.0625 e. The van der Waals surface area contributed by atoms with Crippen LogP contribution in [0.1, 0.15) is 12.5 Å². The SMILES string of the molecule is C=C1C=C(C)Nc2ccc(C)cc2N1. The van der Waals surface area contributed by atoms with Gasteiger partial charge in [-0.15, -0.1) is 0 Å². The molecule has 0 bridgehead atoms. The van der Waals surface area contributed by atoms with Gasteiger partial charge in [-0.3, -0.25) is 0 Å². The van der Waals surface area contributed by atoms with Crippen LogP contribution in [0.4, 0.5) is 11.4 Å². The van der Waals surface area contributed by atoms with Gasteiger partial charge in [0.1, 0.15) is 0 Å². The van der Waals surface area contributed by atoms with Gasteiger partial charge in [0.15, 0.2) is 0 Å². The summed E-state index contributed by atoms with van der Waals surface area (Å²) in [7, 11) is 0. The second-order valence-corrected chi connectivity index (χ2v) is 3.65. The van der Waals surface area contributed by atoms with Gasteiger partial charge in [0.05, 0.1) is 11.4 Å². The van der Waals surface area contributed by atoms with Crippen LogP contribution in [0.5, 0.6) is 0 Å². The van der Waals surface area contributed by atoms with Crippen LogP contribution in [0, 0.1) is 6.92 Å². The number of allylic oxidation sites excluding steroid dienone is 2. The van der Waals surface area contributed by atoms with E-state index in [9.17, 15) is 0 Å². The summed E-state index contributed by atoms with van der Waals surface area (Å²) < 4.78 is 0. The van der Waals surface area contributed by atoms with E-state index in [1.165, 1.54) is 5.56 Å². The van der Waals surface area contributed by atoms with Crippen molar-refractivity contribution in [3.8, 4) is 0 Å². The molecule has 1 aliphatic rings. The predicted octanol–water partition coefficient (Wildman–Crippen LogP) is 3.25. The monoisotopic (exact) mass is 186 g/mol. The van der Waals surface area contributed by atoms with Crippen LogP contribution in [-0.4, -0.2) is 0 Å². The number of anilines is 2. The van der Waals surface area contributed by atoms with Crippen LogP contribution in [0.2, 0.25) is 0 Å². The third-order valence-electron chi connectivity index (χ3n) is 2.19. The molecule has 0 amide bonds. The summed E-state index contributed by atoms with van der Waals surface area (Å²) in [6, 6.07) is 6.28. The molecule has 2 rings (SSSR count). The Morgan fingerprint density at radius 2 is 1.86 bits per heavy atom. The van der Waals surface area contributed by atoms with Crippen molar-refractivity contribution in [1.82, 2.24) is 0 Å². The number of rotatable bonds is 0. The Kier molecular flexibility index (Phi) is 2.04. The van der Waals surface area contributed by atoms with Crippen LogP contribution in [-0.2, 0) is 0 Å². The zero-order valence-corrected chi connectivity index (χ0v) is 8.52. The van der Waals surface area contributed by atoms with E-state index < -0.39 is 0 Å². The van der Waals surface area contributed by atoms with Crippen molar-refractivity contribution in [1.29, 1.82) is 0 Å². The van der Waals surface area contributed by atoms with Crippen molar-refractivity contribution in [2.24, 2.45) is 0 Å². The molecule has 2 heteroatoms. The van der Waals surface area contributed by atoms with Crippen molar-refractivity contribution < 1.29 is 0 Å². The maximum absolute atomic E-state index is 3.93. The fourth-order valence-electron chi connectivity index (χ4n) is 1.59. The molecular weight excluding hydrogens is 172 g/mol. The lowest BCUT2D eigenvalue weighted by atomic mass is 10.2. The van der Waals surface area contributed by atoms with E-state index in [1.54, 1.807) is 0 Å². The number of nitrogens with one attached hydrogen (secondary N) is 2. The second kappa shape index (κ2) is 3.22. The molecule has 72 valence electrons. The van der Waals surface area contributed by atoms with Crippen molar-refractivity contribution in [2.75, 3.05) is 10.6 Å². The van der Waals surface area contributed by atoms with E-state index in [-0.39, 0.29) is 0 Å². The van der Waals surface area contributed by atoms with Gasteiger partial charge in [-0.1, -0.05) is 12.6 Å². The first-order chi connectivity index (χ1) is 6.65. The van der Waals surface area contributed by atoms with E-state index in [4.69, 9.17) is 0 Å². The largest absolute Gasteiger partial charge is 0.357 e. The van der Waals surface area contributed by atoms with E-state index in [0.717, 1.165) is 22.8 Å². The minimum Gasteiger partial charge on any atom is -0.357 e. The molecule has 1 aromatic rings. The molecule has 1 aliphatic heterocycles. The quantitative estimate of drug-likeness (QED) is 0.650. The molecular formula is C12H14N2. The number of fused-ring (bicyclic) bond motifs is 1. The summed E-state index contributed by atoms with van der Waals surface area (Å²) in [5, 5.41) is 6.58. The lowest BCUT2D eigenvalue weighted by Gasteiger charge is -2.10. The molecule has 1 aromatic carbocycles. The van der Waals surface area contributed by atoms with Gasteiger partial charge in [-0.05, 0) is 37.6 Å². The average Bonchev–Trinajstić information content (AvgIpc) is 2.21. The molecule has 0 saturated heterocycles. The van der Waals surface area contributed by atoms with Crippen molar-refractivity contribution >= 4 is 11.4 Å². The van der Waals surface area contributed by atoms with Crippen LogP contribution < -0.4 is 10.6 Å². The van der Waals surface area contributed by atoms with Crippen molar-refractivity contribution in [2.45, 2.75) is 13.8 Å². The highest BCUT2D eigenvalue weighted by atomic mass is 15.0. The van der Waals surface area contributed by atoms with Gasteiger partial charge in [0.25, 0.3) is 0 Å². The lowest BCUT2D eigenvalue weighted by molar-refractivity contribution is 1.38. The molecule has 0 aromatic heterocycles. The topological polar surface area (TPSA) is 24.1 Å². The van der Waals surface area contributed by atoms with Gasteiger partial charge in [0.2, 0.25) is 0 Å². The second-order valence-electron chi connectivity index (χ2n) is 3.65. The lowest BCUT2D eigenvalue weighted by Crippen LogP contribution is -1.96. The van der Waals surface area contributed by atoms with Gasteiger partial charge in [-0.25, -0.2) is 0 Å². The highest BCUT2D eigenvalue weighted by molar-refractivity contribution is 5.75. The maximum atomic E-state index is 3.93. The molecule has 2 nitrogen and oxygen atoms in total. The van der Waals surface area contributed by atoms with Crippen molar-refractivity contribution in [3.63, 3.8) is 0 Å². The van der Waals surface area contributed by atoms with Crippen LogP contribution in [0.3, 0.4) is 0 Å². The zero-order chi connectivity index (χ0) is 10.1.